The molecule has 2 atom stereocenters. The second-order valence-corrected chi connectivity index (χ2v) is 2.74. The molecule has 0 aromatic rings. The smallest absolute Gasteiger partial charge is 0.181 e. The first-order valence-corrected chi connectivity index (χ1v) is 3.64. The van der Waals surface area contributed by atoms with Gasteiger partial charge in [0.2, 0.25) is 0 Å². The fraction of sp³-hybridized carbons (Fsp3) is 1.00. The molecule has 0 amide bonds. The molecule has 1 aliphatic rings. The molecule has 0 saturated carbocycles. The second-order valence-electron chi connectivity index (χ2n) is 2.74. The Labute approximate surface area is 60.9 Å². The minimum absolute atomic E-state index is 0.0469. The highest BCUT2D eigenvalue weighted by Gasteiger charge is 2.23. The maximum Gasteiger partial charge on any atom is 0.181 e. The van der Waals surface area contributed by atoms with Crippen molar-refractivity contribution in [2.45, 2.75) is 38.8 Å². The van der Waals surface area contributed by atoms with Crippen molar-refractivity contribution in [3.05, 3.63) is 0 Å². The van der Waals surface area contributed by atoms with Crippen molar-refractivity contribution in [3.8, 4) is 0 Å². The fourth-order valence-corrected chi connectivity index (χ4v) is 1.21. The van der Waals surface area contributed by atoms with Gasteiger partial charge in [-0.3, -0.25) is 0 Å². The number of aliphatic hydroxyl groups is 1. The summed E-state index contributed by atoms with van der Waals surface area (Å²) in [5.74, 6) is 0. The van der Waals surface area contributed by atoms with Gasteiger partial charge in [-0.15, -0.1) is 0 Å². The van der Waals surface area contributed by atoms with Crippen LogP contribution in [0.2, 0.25) is 0 Å². The van der Waals surface area contributed by atoms with Crippen LogP contribution in [0.25, 0.3) is 0 Å². The lowest BCUT2D eigenvalue weighted by Crippen LogP contribution is -2.37. The van der Waals surface area contributed by atoms with Gasteiger partial charge in [-0.25, -0.2) is 0 Å². The van der Waals surface area contributed by atoms with E-state index >= 15 is 0 Å². The number of hydrogen-bond donors (Lipinski definition) is 1. The van der Waals surface area contributed by atoms with Crippen molar-refractivity contribution in [1.29, 1.82) is 0 Å². The van der Waals surface area contributed by atoms with E-state index in [1.54, 1.807) is 0 Å². The van der Waals surface area contributed by atoms with Crippen LogP contribution in [0.15, 0.2) is 0 Å². The van der Waals surface area contributed by atoms with Crippen LogP contribution in [0.1, 0.15) is 20.3 Å². The molecule has 0 aromatic carbocycles. The Morgan fingerprint density at radius 2 is 1.80 bits per heavy atom. The average Bonchev–Trinajstić information content (AvgIpc) is 1.85. The number of rotatable bonds is 1. The van der Waals surface area contributed by atoms with Crippen LogP contribution in [0, 0.1) is 0 Å². The molecule has 1 rings (SSSR count). The predicted octanol–water partition coefficient (Wildman–Crippen LogP) is 0.519. The van der Waals surface area contributed by atoms with E-state index in [1.807, 2.05) is 13.8 Å². The van der Waals surface area contributed by atoms with Gasteiger partial charge in [0.25, 0.3) is 0 Å². The van der Waals surface area contributed by atoms with Gasteiger partial charge in [0.1, 0.15) is 0 Å². The van der Waals surface area contributed by atoms with Crippen molar-refractivity contribution in [1.82, 2.24) is 0 Å². The maximum atomic E-state index is 8.68. The number of ether oxygens (including phenoxy) is 2. The third kappa shape index (κ3) is 1.94. The van der Waals surface area contributed by atoms with Gasteiger partial charge >= 0.3 is 0 Å². The molecule has 0 unspecified atom stereocenters. The van der Waals surface area contributed by atoms with Crippen LogP contribution in [0.5, 0.6) is 0 Å². The van der Waals surface area contributed by atoms with Crippen LogP contribution in [-0.2, 0) is 9.47 Å². The van der Waals surface area contributed by atoms with Gasteiger partial charge in [0.05, 0.1) is 18.8 Å². The molecule has 0 bridgehead atoms. The van der Waals surface area contributed by atoms with Gasteiger partial charge < -0.3 is 14.6 Å². The topological polar surface area (TPSA) is 38.7 Å². The zero-order valence-electron chi connectivity index (χ0n) is 6.41. The van der Waals surface area contributed by atoms with Crippen LogP contribution in [0.3, 0.4) is 0 Å². The fourth-order valence-electron chi connectivity index (χ4n) is 1.21. The molecular weight excluding hydrogens is 132 g/mol. The standard InChI is InChI=1S/C7H14O3/c1-5-3-6(2)10-7(4-8)9-5/h5-8H,3-4H2,1-2H3/t5-,6-/m1/s1. The predicted molar refractivity (Wildman–Crippen MR) is 36.6 cm³/mol. The Kier molecular flexibility index (Phi) is 2.65. The molecule has 1 heterocycles. The van der Waals surface area contributed by atoms with Crippen molar-refractivity contribution in [2.24, 2.45) is 0 Å². The molecule has 3 heteroatoms. The van der Waals surface area contributed by atoms with E-state index in [0.717, 1.165) is 6.42 Å². The molecule has 0 aliphatic carbocycles. The largest absolute Gasteiger partial charge is 0.391 e. The molecule has 1 fully saturated rings. The van der Waals surface area contributed by atoms with Gasteiger partial charge in [0.15, 0.2) is 6.29 Å². The Balaban J connectivity index is 2.35. The Morgan fingerprint density at radius 1 is 1.30 bits per heavy atom. The lowest BCUT2D eigenvalue weighted by atomic mass is 10.2. The summed E-state index contributed by atoms with van der Waals surface area (Å²) in [6, 6.07) is 0. The summed E-state index contributed by atoms with van der Waals surface area (Å²) in [5, 5.41) is 8.68. The third-order valence-corrected chi connectivity index (χ3v) is 1.58. The molecule has 1 N–H and O–H groups in total. The molecule has 1 saturated heterocycles. The SMILES string of the molecule is C[C@@H]1C[C@@H](C)OC(CO)O1. The molecule has 10 heavy (non-hydrogen) atoms. The van der Waals surface area contributed by atoms with Gasteiger partial charge in [-0.1, -0.05) is 0 Å². The van der Waals surface area contributed by atoms with Crippen LogP contribution >= 0.6 is 0 Å². The van der Waals surface area contributed by atoms with E-state index in [9.17, 15) is 0 Å². The molecular formula is C7H14O3. The Hall–Kier alpha value is -0.120. The molecule has 1 aliphatic heterocycles. The molecule has 60 valence electrons. The summed E-state index contributed by atoms with van der Waals surface area (Å²) in [6.45, 7) is 3.93. The lowest BCUT2D eigenvalue weighted by Gasteiger charge is -2.31. The van der Waals surface area contributed by atoms with E-state index in [4.69, 9.17) is 14.6 Å². The summed E-state index contributed by atoms with van der Waals surface area (Å²) < 4.78 is 10.5. The van der Waals surface area contributed by atoms with Crippen molar-refractivity contribution in [3.63, 3.8) is 0 Å². The minimum Gasteiger partial charge on any atom is -0.391 e. The van der Waals surface area contributed by atoms with Crippen molar-refractivity contribution in [2.75, 3.05) is 6.61 Å². The molecule has 0 radical (unpaired) electrons. The van der Waals surface area contributed by atoms with E-state index in [2.05, 4.69) is 0 Å². The summed E-state index contributed by atoms with van der Waals surface area (Å²) >= 11 is 0. The van der Waals surface area contributed by atoms with Crippen LogP contribution in [-0.4, -0.2) is 30.2 Å². The van der Waals surface area contributed by atoms with Crippen LogP contribution < -0.4 is 0 Å². The highest BCUT2D eigenvalue weighted by atomic mass is 16.7. The molecule has 0 spiro atoms. The maximum absolute atomic E-state index is 8.68. The van der Waals surface area contributed by atoms with E-state index in [0.29, 0.717) is 0 Å². The van der Waals surface area contributed by atoms with E-state index < -0.39 is 6.29 Å². The first kappa shape index (κ1) is 7.98. The monoisotopic (exact) mass is 146 g/mol. The van der Waals surface area contributed by atoms with Crippen molar-refractivity contribution >= 4 is 0 Å². The lowest BCUT2D eigenvalue weighted by molar-refractivity contribution is -0.246. The highest BCUT2D eigenvalue weighted by Crippen LogP contribution is 2.16. The van der Waals surface area contributed by atoms with Crippen LogP contribution in [0.4, 0.5) is 0 Å². The normalized spacial score (nSPS) is 41.7. The number of hydrogen-bond acceptors (Lipinski definition) is 3. The summed E-state index contributed by atoms with van der Waals surface area (Å²) in [4.78, 5) is 0. The molecule has 0 aromatic heterocycles. The second kappa shape index (κ2) is 3.32. The van der Waals surface area contributed by atoms with Gasteiger partial charge in [-0.2, -0.15) is 0 Å². The first-order valence-electron chi connectivity index (χ1n) is 3.64. The number of aliphatic hydroxyl groups excluding tert-OH is 1. The Bertz CT molecular complexity index is 95.0. The summed E-state index contributed by atoms with van der Waals surface area (Å²) in [6.07, 6.45) is 0.928. The highest BCUT2D eigenvalue weighted by molar-refractivity contribution is 4.64. The van der Waals surface area contributed by atoms with E-state index in [-0.39, 0.29) is 18.8 Å². The van der Waals surface area contributed by atoms with Gasteiger partial charge in [-0.05, 0) is 20.3 Å². The molecule has 3 nitrogen and oxygen atoms in total. The quantitative estimate of drug-likeness (QED) is 0.586. The first-order chi connectivity index (χ1) is 4.72. The zero-order valence-corrected chi connectivity index (χ0v) is 6.41. The Morgan fingerprint density at radius 3 is 2.20 bits per heavy atom. The zero-order chi connectivity index (χ0) is 7.56. The summed E-state index contributed by atoms with van der Waals surface area (Å²) in [5.41, 5.74) is 0. The third-order valence-electron chi connectivity index (χ3n) is 1.58. The van der Waals surface area contributed by atoms with E-state index in [1.165, 1.54) is 0 Å². The minimum atomic E-state index is -0.404. The summed E-state index contributed by atoms with van der Waals surface area (Å²) in [7, 11) is 0. The van der Waals surface area contributed by atoms with Gasteiger partial charge in [0, 0.05) is 0 Å². The van der Waals surface area contributed by atoms with Crippen molar-refractivity contribution < 1.29 is 14.6 Å². The average molecular weight is 146 g/mol.